The van der Waals surface area contributed by atoms with E-state index in [-0.39, 0.29) is 0 Å². The molecule has 1 aromatic rings. The predicted octanol–water partition coefficient (Wildman–Crippen LogP) is 2.12. The largest absolute Gasteiger partial charge is 0.399 e. The fraction of sp³-hybridized carbons (Fsp3) is 0.455. The standard InChI is InChI=1S/C11H14N2/c12-8-2-3-10-9(6-8)11(7-13-10)4-1-5-11/h2-3,6,13H,1,4-5,7,12H2. The number of nitrogen functional groups attached to an aromatic ring is 1. The number of hydrogen-bond acceptors (Lipinski definition) is 2. The van der Waals surface area contributed by atoms with Gasteiger partial charge in [0.25, 0.3) is 0 Å². The van der Waals surface area contributed by atoms with Crippen LogP contribution < -0.4 is 11.1 Å². The van der Waals surface area contributed by atoms with Crippen molar-refractivity contribution in [3.8, 4) is 0 Å². The Kier molecular flexibility index (Phi) is 1.22. The second-order valence-electron chi connectivity index (χ2n) is 4.29. The number of benzene rings is 1. The number of nitrogens with two attached hydrogens (primary N) is 1. The fourth-order valence-electron chi connectivity index (χ4n) is 2.56. The minimum absolute atomic E-state index is 0.449. The molecule has 1 heterocycles. The number of anilines is 2. The van der Waals surface area contributed by atoms with Crippen LogP contribution in [-0.2, 0) is 5.41 Å². The van der Waals surface area contributed by atoms with Gasteiger partial charge < -0.3 is 11.1 Å². The van der Waals surface area contributed by atoms with E-state index in [1.165, 1.54) is 30.5 Å². The molecule has 1 aliphatic heterocycles. The summed E-state index contributed by atoms with van der Waals surface area (Å²) in [5, 5.41) is 3.46. The smallest absolute Gasteiger partial charge is 0.0380 e. The van der Waals surface area contributed by atoms with Crippen molar-refractivity contribution < 1.29 is 0 Å². The maximum atomic E-state index is 5.80. The molecule has 0 atom stereocenters. The fourth-order valence-corrected chi connectivity index (χ4v) is 2.56. The third-order valence-corrected chi connectivity index (χ3v) is 3.54. The molecular weight excluding hydrogens is 160 g/mol. The second kappa shape index (κ2) is 2.19. The molecule has 1 aliphatic carbocycles. The van der Waals surface area contributed by atoms with Crippen LogP contribution >= 0.6 is 0 Å². The van der Waals surface area contributed by atoms with Crippen LogP contribution in [0.1, 0.15) is 24.8 Å². The van der Waals surface area contributed by atoms with E-state index in [2.05, 4.69) is 17.4 Å². The van der Waals surface area contributed by atoms with Gasteiger partial charge in [0.1, 0.15) is 0 Å². The molecular formula is C11H14N2. The molecule has 68 valence electrons. The minimum Gasteiger partial charge on any atom is -0.399 e. The number of fused-ring (bicyclic) bond motifs is 2. The SMILES string of the molecule is Nc1ccc2c(c1)C1(CCC1)CN2. The molecule has 0 radical (unpaired) electrons. The van der Waals surface area contributed by atoms with E-state index in [4.69, 9.17) is 5.73 Å². The Morgan fingerprint density at radius 3 is 2.85 bits per heavy atom. The first-order chi connectivity index (χ1) is 6.30. The van der Waals surface area contributed by atoms with Gasteiger partial charge in [-0.2, -0.15) is 0 Å². The van der Waals surface area contributed by atoms with Gasteiger partial charge in [-0.25, -0.2) is 0 Å². The number of hydrogen-bond donors (Lipinski definition) is 2. The van der Waals surface area contributed by atoms with Crippen LogP contribution in [0.4, 0.5) is 11.4 Å². The zero-order chi connectivity index (χ0) is 8.89. The summed E-state index contributed by atoms with van der Waals surface area (Å²) in [6, 6.07) is 6.23. The molecule has 0 bridgehead atoms. The van der Waals surface area contributed by atoms with Crippen molar-refractivity contribution in [2.24, 2.45) is 0 Å². The van der Waals surface area contributed by atoms with Crippen molar-refractivity contribution >= 4 is 11.4 Å². The molecule has 1 aromatic carbocycles. The Hall–Kier alpha value is -1.18. The summed E-state index contributed by atoms with van der Waals surface area (Å²) in [6.07, 6.45) is 4.03. The van der Waals surface area contributed by atoms with Crippen LogP contribution in [0, 0.1) is 0 Å². The van der Waals surface area contributed by atoms with Crippen molar-refractivity contribution in [2.75, 3.05) is 17.6 Å². The molecule has 2 nitrogen and oxygen atoms in total. The van der Waals surface area contributed by atoms with Gasteiger partial charge in [-0.1, -0.05) is 6.42 Å². The first kappa shape index (κ1) is 7.25. The highest BCUT2D eigenvalue weighted by atomic mass is 14.9. The van der Waals surface area contributed by atoms with Crippen LogP contribution in [0.25, 0.3) is 0 Å². The third kappa shape index (κ3) is 0.831. The number of rotatable bonds is 0. The Balaban J connectivity index is 2.14. The van der Waals surface area contributed by atoms with Gasteiger partial charge in [0.05, 0.1) is 0 Å². The molecule has 13 heavy (non-hydrogen) atoms. The Labute approximate surface area is 78.1 Å². The first-order valence-electron chi connectivity index (χ1n) is 4.94. The summed E-state index contributed by atoms with van der Waals surface area (Å²) >= 11 is 0. The molecule has 1 saturated carbocycles. The van der Waals surface area contributed by atoms with E-state index in [0.717, 1.165) is 12.2 Å². The van der Waals surface area contributed by atoms with E-state index < -0.39 is 0 Å². The average molecular weight is 174 g/mol. The highest BCUT2D eigenvalue weighted by Gasteiger charge is 2.43. The summed E-state index contributed by atoms with van der Waals surface area (Å²) in [6.45, 7) is 1.12. The molecule has 1 fully saturated rings. The lowest BCUT2D eigenvalue weighted by Crippen LogP contribution is -2.35. The highest BCUT2D eigenvalue weighted by Crippen LogP contribution is 2.50. The second-order valence-corrected chi connectivity index (χ2v) is 4.29. The molecule has 1 spiro atoms. The van der Waals surface area contributed by atoms with Gasteiger partial charge in [-0.15, -0.1) is 0 Å². The van der Waals surface area contributed by atoms with Crippen LogP contribution in [0.3, 0.4) is 0 Å². The predicted molar refractivity (Wildman–Crippen MR) is 54.9 cm³/mol. The van der Waals surface area contributed by atoms with Crippen LogP contribution in [0.5, 0.6) is 0 Å². The summed E-state index contributed by atoms with van der Waals surface area (Å²) < 4.78 is 0. The Bertz CT molecular complexity index is 353. The van der Waals surface area contributed by atoms with Crippen molar-refractivity contribution in [2.45, 2.75) is 24.7 Å². The quantitative estimate of drug-likeness (QED) is 0.591. The minimum atomic E-state index is 0.449. The van der Waals surface area contributed by atoms with Gasteiger partial charge >= 0.3 is 0 Å². The molecule has 0 saturated heterocycles. The molecule has 0 unspecified atom stereocenters. The Morgan fingerprint density at radius 2 is 2.15 bits per heavy atom. The maximum Gasteiger partial charge on any atom is 0.0380 e. The number of nitrogens with one attached hydrogen (secondary N) is 1. The van der Waals surface area contributed by atoms with Crippen LogP contribution in [0.15, 0.2) is 18.2 Å². The van der Waals surface area contributed by atoms with Crippen LogP contribution in [-0.4, -0.2) is 6.54 Å². The van der Waals surface area contributed by atoms with E-state index in [1.54, 1.807) is 0 Å². The summed E-state index contributed by atoms with van der Waals surface area (Å²) in [7, 11) is 0. The van der Waals surface area contributed by atoms with Crippen molar-refractivity contribution in [1.29, 1.82) is 0 Å². The normalized spacial score (nSPS) is 22.2. The monoisotopic (exact) mass is 174 g/mol. The first-order valence-corrected chi connectivity index (χ1v) is 4.94. The van der Waals surface area contributed by atoms with Crippen molar-refractivity contribution in [1.82, 2.24) is 0 Å². The van der Waals surface area contributed by atoms with E-state index in [9.17, 15) is 0 Å². The zero-order valence-corrected chi connectivity index (χ0v) is 7.64. The average Bonchev–Trinajstić information content (AvgIpc) is 2.41. The molecule has 2 aliphatic rings. The van der Waals surface area contributed by atoms with Gasteiger partial charge in [0.2, 0.25) is 0 Å². The lowest BCUT2D eigenvalue weighted by atomic mass is 9.66. The molecule has 0 amide bonds. The lowest BCUT2D eigenvalue weighted by molar-refractivity contribution is 0.272. The zero-order valence-electron chi connectivity index (χ0n) is 7.64. The van der Waals surface area contributed by atoms with Crippen molar-refractivity contribution in [3.63, 3.8) is 0 Å². The van der Waals surface area contributed by atoms with Gasteiger partial charge in [0.15, 0.2) is 0 Å². The molecule has 3 rings (SSSR count). The molecule has 0 aromatic heterocycles. The third-order valence-electron chi connectivity index (χ3n) is 3.54. The van der Waals surface area contributed by atoms with Crippen molar-refractivity contribution in [3.05, 3.63) is 23.8 Å². The molecule has 3 N–H and O–H groups in total. The maximum absolute atomic E-state index is 5.80. The van der Waals surface area contributed by atoms with Crippen LogP contribution in [0.2, 0.25) is 0 Å². The van der Waals surface area contributed by atoms with E-state index in [0.29, 0.717) is 5.41 Å². The summed E-state index contributed by atoms with van der Waals surface area (Å²) in [4.78, 5) is 0. The lowest BCUT2D eigenvalue weighted by Gasteiger charge is -2.38. The summed E-state index contributed by atoms with van der Waals surface area (Å²) in [5.41, 5.74) is 9.91. The topological polar surface area (TPSA) is 38.0 Å². The summed E-state index contributed by atoms with van der Waals surface area (Å²) in [5.74, 6) is 0. The molecule has 2 heteroatoms. The highest BCUT2D eigenvalue weighted by molar-refractivity contribution is 5.65. The Morgan fingerprint density at radius 1 is 1.31 bits per heavy atom. The van der Waals surface area contributed by atoms with Gasteiger partial charge in [-0.3, -0.25) is 0 Å². The van der Waals surface area contributed by atoms with E-state index in [1.807, 2.05) is 6.07 Å². The van der Waals surface area contributed by atoms with Gasteiger partial charge in [0, 0.05) is 23.3 Å². The van der Waals surface area contributed by atoms with Gasteiger partial charge in [-0.05, 0) is 36.6 Å². The van der Waals surface area contributed by atoms with E-state index >= 15 is 0 Å².